The van der Waals surface area contributed by atoms with Crippen molar-refractivity contribution in [1.29, 1.82) is 0 Å². The predicted molar refractivity (Wildman–Crippen MR) is 80.2 cm³/mol. The molecule has 106 valence electrons. The van der Waals surface area contributed by atoms with Gasteiger partial charge in [0.15, 0.2) is 11.5 Å². The normalized spacial score (nSPS) is 13.6. The van der Waals surface area contributed by atoms with Crippen molar-refractivity contribution in [3.05, 3.63) is 40.6 Å². The third kappa shape index (κ3) is 2.15. The van der Waals surface area contributed by atoms with Crippen LogP contribution < -0.4 is 9.47 Å². The molecule has 0 saturated carbocycles. The van der Waals surface area contributed by atoms with Gasteiger partial charge in [0.05, 0.1) is 15.5 Å². The van der Waals surface area contributed by atoms with E-state index < -0.39 is 0 Å². The van der Waals surface area contributed by atoms with Gasteiger partial charge in [-0.2, -0.15) is 0 Å². The zero-order valence-electron chi connectivity index (χ0n) is 10.8. The number of halogens is 2. The van der Waals surface area contributed by atoms with Gasteiger partial charge in [0.2, 0.25) is 0 Å². The van der Waals surface area contributed by atoms with Gasteiger partial charge in [0, 0.05) is 17.7 Å². The van der Waals surface area contributed by atoms with Crippen molar-refractivity contribution in [2.24, 2.45) is 0 Å². The van der Waals surface area contributed by atoms with Crippen LogP contribution in [-0.4, -0.2) is 23.2 Å². The molecule has 2 aromatic carbocycles. The van der Waals surface area contributed by atoms with Gasteiger partial charge in [-0.25, -0.2) is 9.37 Å². The van der Waals surface area contributed by atoms with Gasteiger partial charge in [-0.15, -0.1) is 0 Å². The first kappa shape index (κ1) is 12.6. The SMILES string of the molecule is Fc1cc(-c2nc3cc4c(cc3[nH]2)OCCO4)ccc1Br. The zero-order chi connectivity index (χ0) is 14.4. The molecule has 0 amide bonds. The first-order valence-electron chi connectivity index (χ1n) is 6.45. The third-order valence-electron chi connectivity index (χ3n) is 3.34. The number of aromatic nitrogens is 2. The minimum absolute atomic E-state index is 0.320. The van der Waals surface area contributed by atoms with Crippen LogP contribution in [0.15, 0.2) is 34.8 Å². The fourth-order valence-electron chi connectivity index (χ4n) is 2.33. The molecule has 2 heterocycles. The summed E-state index contributed by atoms with van der Waals surface area (Å²) < 4.78 is 25.1. The molecule has 0 spiro atoms. The van der Waals surface area contributed by atoms with Crippen LogP contribution in [0.5, 0.6) is 11.5 Å². The van der Waals surface area contributed by atoms with Gasteiger partial charge < -0.3 is 14.5 Å². The van der Waals surface area contributed by atoms with Crippen molar-refractivity contribution >= 4 is 27.0 Å². The lowest BCUT2D eigenvalue weighted by atomic mass is 10.2. The third-order valence-corrected chi connectivity index (χ3v) is 3.98. The maximum absolute atomic E-state index is 13.6. The van der Waals surface area contributed by atoms with E-state index >= 15 is 0 Å². The largest absolute Gasteiger partial charge is 0.486 e. The number of rotatable bonds is 1. The molecule has 1 aromatic heterocycles. The Morgan fingerprint density at radius 3 is 2.62 bits per heavy atom. The minimum Gasteiger partial charge on any atom is -0.486 e. The highest BCUT2D eigenvalue weighted by atomic mass is 79.9. The molecule has 4 rings (SSSR count). The van der Waals surface area contributed by atoms with E-state index in [1.165, 1.54) is 6.07 Å². The number of nitrogens with one attached hydrogen (secondary N) is 1. The molecule has 0 radical (unpaired) electrons. The standard InChI is InChI=1S/C15H10BrFN2O2/c16-9-2-1-8(5-10(9)17)15-18-11-6-13-14(7-12(11)19-15)21-4-3-20-13/h1-2,5-7H,3-4H2,(H,18,19). The maximum Gasteiger partial charge on any atom is 0.163 e. The summed E-state index contributed by atoms with van der Waals surface area (Å²) in [4.78, 5) is 7.67. The first-order valence-corrected chi connectivity index (χ1v) is 7.25. The molecule has 0 bridgehead atoms. The lowest BCUT2D eigenvalue weighted by Crippen LogP contribution is -2.15. The van der Waals surface area contributed by atoms with E-state index in [1.807, 2.05) is 12.1 Å². The van der Waals surface area contributed by atoms with Gasteiger partial charge >= 0.3 is 0 Å². The van der Waals surface area contributed by atoms with Gasteiger partial charge in [-0.05, 0) is 34.1 Å². The van der Waals surface area contributed by atoms with Crippen molar-refractivity contribution < 1.29 is 13.9 Å². The average molecular weight is 349 g/mol. The number of hydrogen-bond acceptors (Lipinski definition) is 3. The van der Waals surface area contributed by atoms with E-state index in [9.17, 15) is 4.39 Å². The molecule has 1 aliphatic heterocycles. The molecule has 0 fully saturated rings. The Morgan fingerprint density at radius 2 is 1.86 bits per heavy atom. The summed E-state index contributed by atoms with van der Waals surface area (Å²) in [7, 11) is 0. The van der Waals surface area contributed by atoms with Crippen LogP contribution in [0.4, 0.5) is 4.39 Å². The summed E-state index contributed by atoms with van der Waals surface area (Å²) in [5.41, 5.74) is 2.28. The van der Waals surface area contributed by atoms with Crippen LogP contribution in [-0.2, 0) is 0 Å². The molecule has 0 saturated heterocycles. The predicted octanol–water partition coefficient (Wildman–Crippen LogP) is 3.90. The Kier molecular flexibility index (Phi) is 2.85. The van der Waals surface area contributed by atoms with Crippen LogP contribution in [0, 0.1) is 5.82 Å². The first-order chi connectivity index (χ1) is 10.2. The molecule has 0 unspecified atom stereocenters. The van der Waals surface area contributed by atoms with Crippen LogP contribution in [0.3, 0.4) is 0 Å². The number of fused-ring (bicyclic) bond motifs is 2. The Morgan fingerprint density at radius 1 is 1.10 bits per heavy atom. The number of ether oxygens (including phenoxy) is 2. The summed E-state index contributed by atoms with van der Waals surface area (Å²) in [5.74, 6) is 1.68. The fourth-order valence-corrected chi connectivity index (χ4v) is 2.57. The van der Waals surface area contributed by atoms with E-state index in [0.717, 1.165) is 11.0 Å². The van der Waals surface area contributed by atoms with E-state index in [1.54, 1.807) is 12.1 Å². The lowest BCUT2D eigenvalue weighted by molar-refractivity contribution is 0.172. The van der Waals surface area contributed by atoms with E-state index in [4.69, 9.17) is 9.47 Å². The Hall–Kier alpha value is -2.08. The Balaban J connectivity index is 1.84. The highest BCUT2D eigenvalue weighted by Gasteiger charge is 2.15. The number of imidazole rings is 1. The molecule has 0 atom stereocenters. The molecular weight excluding hydrogens is 339 g/mol. The molecule has 1 N–H and O–H groups in total. The van der Waals surface area contributed by atoms with Crippen molar-refractivity contribution in [1.82, 2.24) is 9.97 Å². The van der Waals surface area contributed by atoms with Crippen molar-refractivity contribution in [3.8, 4) is 22.9 Å². The van der Waals surface area contributed by atoms with E-state index in [-0.39, 0.29) is 5.82 Å². The highest BCUT2D eigenvalue weighted by Crippen LogP contribution is 2.35. The molecular formula is C15H10BrFN2O2. The second kappa shape index (κ2) is 4.73. The van der Waals surface area contributed by atoms with Crippen LogP contribution in [0.25, 0.3) is 22.4 Å². The maximum atomic E-state index is 13.6. The quantitative estimate of drug-likeness (QED) is 0.725. The van der Waals surface area contributed by atoms with Crippen LogP contribution >= 0.6 is 15.9 Å². The minimum atomic E-state index is -0.320. The van der Waals surface area contributed by atoms with Gasteiger partial charge in [0.25, 0.3) is 0 Å². The molecule has 6 heteroatoms. The molecule has 1 aliphatic rings. The second-order valence-electron chi connectivity index (χ2n) is 4.73. The van der Waals surface area contributed by atoms with Crippen LogP contribution in [0.1, 0.15) is 0 Å². The monoisotopic (exact) mass is 348 g/mol. The summed E-state index contributed by atoms with van der Waals surface area (Å²) in [5, 5.41) is 0. The smallest absolute Gasteiger partial charge is 0.163 e. The second-order valence-corrected chi connectivity index (χ2v) is 5.58. The summed E-state index contributed by atoms with van der Waals surface area (Å²) in [6.45, 7) is 1.07. The summed E-state index contributed by atoms with van der Waals surface area (Å²) in [6.07, 6.45) is 0. The molecule has 4 nitrogen and oxygen atoms in total. The number of hydrogen-bond donors (Lipinski definition) is 1. The number of benzene rings is 2. The van der Waals surface area contributed by atoms with Crippen LogP contribution in [0.2, 0.25) is 0 Å². The van der Waals surface area contributed by atoms with E-state index in [0.29, 0.717) is 40.6 Å². The van der Waals surface area contributed by atoms with Gasteiger partial charge in [-0.3, -0.25) is 0 Å². The summed E-state index contributed by atoms with van der Waals surface area (Å²) >= 11 is 3.14. The van der Waals surface area contributed by atoms with Crippen molar-refractivity contribution in [2.45, 2.75) is 0 Å². The Bertz CT molecular complexity index is 804. The zero-order valence-corrected chi connectivity index (χ0v) is 12.4. The number of H-pyrrole nitrogens is 1. The van der Waals surface area contributed by atoms with Crippen molar-refractivity contribution in [3.63, 3.8) is 0 Å². The summed E-state index contributed by atoms with van der Waals surface area (Å²) in [6, 6.07) is 8.59. The van der Waals surface area contributed by atoms with E-state index in [2.05, 4.69) is 25.9 Å². The molecule has 21 heavy (non-hydrogen) atoms. The number of aromatic amines is 1. The van der Waals surface area contributed by atoms with Crippen molar-refractivity contribution in [2.75, 3.05) is 13.2 Å². The van der Waals surface area contributed by atoms with Gasteiger partial charge in [0.1, 0.15) is 24.9 Å². The fraction of sp³-hybridized carbons (Fsp3) is 0.133. The topological polar surface area (TPSA) is 47.1 Å². The highest BCUT2D eigenvalue weighted by molar-refractivity contribution is 9.10. The average Bonchev–Trinajstić information content (AvgIpc) is 2.90. The molecule has 3 aromatic rings. The molecule has 0 aliphatic carbocycles. The van der Waals surface area contributed by atoms with Gasteiger partial charge in [-0.1, -0.05) is 0 Å². The Labute approximate surface area is 128 Å². The lowest BCUT2D eigenvalue weighted by Gasteiger charge is -2.17. The number of nitrogens with zero attached hydrogens (tertiary/aromatic N) is 1.